The van der Waals surface area contributed by atoms with Gasteiger partial charge in [0.25, 0.3) is 0 Å². The minimum Gasteiger partial charge on any atom is -0.347 e. The Morgan fingerprint density at radius 2 is 1.93 bits per heavy atom. The van der Waals surface area contributed by atoms with E-state index < -0.39 is 6.29 Å². The standard InChI is InChI=1S/C10H13BrClNO2/c1-3-14-10(15-4-2)8-6-5-7(11)9(12)13-8/h5-6,10H,3-4H2,1-2H3. The van der Waals surface area contributed by atoms with E-state index in [4.69, 9.17) is 21.1 Å². The zero-order valence-electron chi connectivity index (χ0n) is 8.67. The first-order valence-electron chi connectivity index (χ1n) is 4.74. The molecule has 0 bridgehead atoms. The summed E-state index contributed by atoms with van der Waals surface area (Å²) in [6, 6.07) is 3.65. The molecule has 1 aromatic heterocycles. The SMILES string of the molecule is CCOC(OCC)c1ccc(Br)c(Cl)n1. The van der Waals surface area contributed by atoms with Crippen molar-refractivity contribution in [3.63, 3.8) is 0 Å². The summed E-state index contributed by atoms with van der Waals surface area (Å²) in [5.74, 6) is 0. The van der Waals surface area contributed by atoms with Gasteiger partial charge in [-0.15, -0.1) is 0 Å². The van der Waals surface area contributed by atoms with Crippen LogP contribution in [0.15, 0.2) is 16.6 Å². The minimum atomic E-state index is -0.439. The van der Waals surface area contributed by atoms with Crippen LogP contribution in [0.4, 0.5) is 0 Å². The average molecular weight is 295 g/mol. The van der Waals surface area contributed by atoms with Crippen molar-refractivity contribution in [1.29, 1.82) is 0 Å². The van der Waals surface area contributed by atoms with E-state index in [1.54, 1.807) is 0 Å². The van der Waals surface area contributed by atoms with E-state index in [1.165, 1.54) is 0 Å². The summed E-state index contributed by atoms with van der Waals surface area (Å²) < 4.78 is 11.6. The predicted molar refractivity (Wildman–Crippen MR) is 62.9 cm³/mol. The monoisotopic (exact) mass is 293 g/mol. The van der Waals surface area contributed by atoms with E-state index in [9.17, 15) is 0 Å². The molecule has 0 atom stereocenters. The van der Waals surface area contributed by atoms with E-state index in [1.807, 2.05) is 26.0 Å². The highest BCUT2D eigenvalue weighted by Gasteiger charge is 2.13. The van der Waals surface area contributed by atoms with Gasteiger partial charge in [-0.3, -0.25) is 0 Å². The van der Waals surface area contributed by atoms with E-state index in [0.29, 0.717) is 24.1 Å². The van der Waals surface area contributed by atoms with Crippen molar-refractivity contribution in [3.05, 3.63) is 27.5 Å². The molecule has 15 heavy (non-hydrogen) atoms. The molecule has 1 rings (SSSR count). The maximum atomic E-state index is 5.89. The number of aromatic nitrogens is 1. The molecule has 5 heteroatoms. The molecule has 0 N–H and O–H groups in total. The smallest absolute Gasteiger partial charge is 0.201 e. The third-order valence-electron chi connectivity index (χ3n) is 1.70. The molecule has 0 saturated carbocycles. The van der Waals surface area contributed by atoms with Crippen molar-refractivity contribution in [2.24, 2.45) is 0 Å². The van der Waals surface area contributed by atoms with Crippen molar-refractivity contribution in [1.82, 2.24) is 4.98 Å². The summed E-state index contributed by atoms with van der Waals surface area (Å²) in [4.78, 5) is 4.18. The van der Waals surface area contributed by atoms with Gasteiger partial charge in [0.2, 0.25) is 6.29 Å². The second-order valence-electron chi connectivity index (χ2n) is 2.75. The minimum absolute atomic E-state index is 0.414. The lowest BCUT2D eigenvalue weighted by atomic mass is 10.3. The Balaban J connectivity index is 2.85. The summed E-state index contributed by atoms with van der Waals surface area (Å²) >= 11 is 9.17. The van der Waals surface area contributed by atoms with Gasteiger partial charge in [0, 0.05) is 13.2 Å². The molecule has 1 heterocycles. The lowest BCUT2D eigenvalue weighted by Gasteiger charge is -2.16. The van der Waals surface area contributed by atoms with E-state index >= 15 is 0 Å². The Kier molecular flexibility index (Phi) is 5.53. The van der Waals surface area contributed by atoms with Gasteiger partial charge in [-0.25, -0.2) is 4.98 Å². The third kappa shape index (κ3) is 3.72. The van der Waals surface area contributed by atoms with Gasteiger partial charge in [0.05, 0.1) is 10.2 Å². The van der Waals surface area contributed by atoms with Gasteiger partial charge < -0.3 is 9.47 Å². The van der Waals surface area contributed by atoms with Gasteiger partial charge in [0.1, 0.15) is 5.15 Å². The van der Waals surface area contributed by atoms with Crippen LogP contribution in [0.1, 0.15) is 25.8 Å². The van der Waals surface area contributed by atoms with Crippen molar-refractivity contribution in [3.8, 4) is 0 Å². The molecule has 0 spiro atoms. The van der Waals surface area contributed by atoms with E-state index in [0.717, 1.165) is 4.47 Å². The molecule has 0 saturated heterocycles. The molecule has 3 nitrogen and oxygen atoms in total. The molecular weight excluding hydrogens is 281 g/mol. The number of hydrogen-bond donors (Lipinski definition) is 0. The fraction of sp³-hybridized carbons (Fsp3) is 0.500. The zero-order valence-corrected chi connectivity index (χ0v) is 11.0. The molecule has 0 unspecified atom stereocenters. The number of ether oxygens (including phenoxy) is 2. The Bertz CT molecular complexity index is 316. The molecule has 0 fully saturated rings. The van der Waals surface area contributed by atoms with Crippen LogP contribution < -0.4 is 0 Å². The molecule has 0 aliphatic heterocycles. The lowest BCUT2D eigenvalue weighted by molar-refractivity contribution is -0.142. The summed E-state index contributed by atoms with van der Waals surface area (Å²) in [7, 11) is 0. The maximum absolute atomic E-state index is 5.89. The van der Waals surface area contributed by atoms with Crippen LogP contribution in [0.25, 0.3) is 0 Å². The number of nitrogens with zero attached hydrogens (tertiary/aromatic N) is 1. The number of hydrogen-bond acceptors (Lipinski definition) is 3. The zero-order chi connectivity index (χ0) is 11.3. The topological polar surface area (TPSA) is 31.4 Å². The fourth-order valence-electron chi connectivity index (χ4n) is 1.08. The maximum Gasteiger partial charge on any atom is 0.201 e. The largest absolute Gasteiger partial charge is 0.347 e. The molecule has 0 aromatic carbocycles. The van der Waals surface area contributed by atoms with Crippen molar-refractivity contribution < 1.29 is 9.47 Å². The predicted octanol–water partition coefficient (Wildman–Crippen LogP) is 3.57. The van der Waals surface area contributed by atoms with Crippen molar-refractivity contribution in [2.75, 3.05) is 13.2 Å². The van der Waals surface area contributed by atoms with E-state index in [2.05, 4.69) is 20.9 Å². The highest BCUT2D eigenvalue weighted by atomic mass is 79.9. The first-order chi connectivity index (χ1) is 7.19. The van der Waals surface area contributed by atoms with Crippen molar-refractivity contribution >= 4 is 27.5 Å². The molecular formula is C10H13BrClNO2. The van der Waals surface area contributed by atoms with Crippen LogP contribution in [-0.2, 0) is 9.47 Å². The van der Waals surface area contributed by atoms with Crippen LogP contribution >= 0.6 is 27.5 Å². The third-order valence-corrected chi connectivity index (χ3v) is 2.86. The van der Waals surface area contributed by atoms with Crippen LogP contribution in [0.5, 0.6) is 0 Å². The highest BCUT2D eigenvalue weighted by Crippen LogP contribution is 2.24. The molecule has 0 aliphatic rings. The summed E-state index contributed by atoms with van der Waals surface area (Å²) in [5.41, 5.74) is 0.687. The summed E-state index contributed by atoms with van der Waals surface area (Å²) in [5, 5.41) is 0.414. The van der Waals surface area contributed by atoms with E-state index in [-0.39, 0.29) is 0 Å². The van der Waals surface area contributed by atoms with Gasteiger partial charge in [-0.2, -0.15) is 0 Å². The van der Waals surface area contributed by atoms with Crippen LogP contribution in [0.3, 0.4) is 0 Å². The summed E-state index contributed by atoms with van der Waals surface area (Å²) in [6.07, 6.45) is -0.439. The van der Waals surface area contributed by atoms with Gasteiger partial charge >= 0.3 is 0 Å². The highest BCUT2D eigenvalue weighted by molar-refractivity contribution is 9.10. The van der Waals surface area contributed by atoms with Crippen LogP contribution in [0.2, 0.25) is 5.15 Å². The van der Waals surface area contributed by atoms with Crippen LogP contribution in [0, 0.1) is 0 Å². The molecule has 84 valence electrons. The van der Waals surface area contributed by atoms with Gasteiger partial charge in [0.15, 0.2) is 0 Å². The first-order valence-corrected chi connectivity index (χ1v) is 5.91. The lowest BCUT2D eigenvalue weighted by Crippen LogP contribution is -2.10. The Labute approximate surface area is 103 Å². The Hall–Kier alpha value is -0.160. The number of pyridine rings is 1. The molecule has 0 amide bonds. The Morgan fingerprint density at radius 3 is 2.40 bits per heavy atom. The second kappa shape index (κ2) is 6.43. The summed E-state index contributed by atoms with van der Waals surface area (Å²) in [6.45, 7) is 4.96. The second-order valence-corrected chi connectivity index (χ2v) is 3.96. The molecule has 1 aromatic rings. The first kappa shape index (κ1) is 12.9. The van der Waals surface area contributed by atoms with Crippen molar-refractivity contribution in [2.45, 2.75) is 20.1 Å². The van der Waals surface area contributed by atoms with Crippen LogP contribution in [-0.4, -0.2) is 18.2 Å². The quantitative estimate of drug-likeness (QED) is 0.614. The fourth-order valence-corrected chi connectivity index (χ4v) is 1.47. The Morgan fingerprint density at radius 1 is 1.33 bits per heavy atom. The average Bonchev–Trinajstić information content (AvgIpc) is 2.22. The molecule has 0 aliphatic carbocycles. The molecule has 0 radical (unpaired) electrons. The van der Waals surface area contributed by atoms with Gasteiger partial charge in [-0.05, 0) is 41.9 Å². The normalized spacial score (nSPS) is 11.0. The van der Waals surface area contributed by atoms with Gasteiger partial charge in [-0.1, -0.05) is 11.6 Å². The number of halogens is 2. The number of rotatable bonds is 5.